The summed E-state index contributed by atoms with van der Waals surface area (Å²) in [5, 5.41) is 10.4. The van der Waals surface area contributed by atoms with E-state index in [-0.39, 0.29) is 19.5 Å². The third-order valence-electron chi connectivity index (χ3n) is 3.59. The third kappa shape index (κ3) is 1.82. The Hall–Kier alpha value is -1.86. The van der Waals surface area contributed by atoms with E-state index >= 15 is 0 Å². The lowest BCUT2D eigenvalue weighted by Gasteiger charge is -2.17. The van der Waals surface area contributed by atoms with Crippen LogP contribution in [-0.2, 0) is 0 Å². The number of hydrogen-bond donors (Lipinski definition) is 1. The van der Waals surface area contributed by atoms with Crippen LogP contribution in [0.3, 0.4) is 0 Å². The molecule has 0 radical (unpaired) electrons. The fourth-order valence-electron chi connectivity index (χ4n) is 2.41. The molecule has 0 bridgehead atoms. The molecule has 2 aromatic rings. The van der Waals surface area contributed by atoms with E-state index in [1.165, 1.54) is 0 Å². The van der Waals surface area contributed by atoms with Crippen LogP contribution in [0.4, 0.5) is 14.6 Å². The second-order valence-electron chi connectivity index (χ2n) is 5.20. The number of alkyl halides is 2. The first-order valence-electron chi connectivity index (χ1n) is 6.34. The molecular weight excluding hydrogens is 254 g/mol. The number of aromatic nitrogens is 5. The van der Waals surface area contributed by atoms with Crippen LogP contribution >= 0.6 is 0 Å². The van der Waals surface area contributed by atoms with E-state index in [2.05, 4.69) is 25.4 Å². The van der Waals surface area contributed by atoms with Gasteiger partial charge in [0, 0.05) is 18.9 Å². The monoisotopic (exact) mass is 266 g/mol. The highest BCUT2D eigenvalue weighted by Crippen LogP contribution is 2.40. The summed E-state index contributed by atoms with van der Waals surface area (Å²) in [4.78, 5) is 10.4. The van der Waals surface area contributed by atoms with Gasteiger partial charge >= 0.3 is 0 Å². The van der Waals surface area contributed by atoms with Crippen molar-refractivity contribution in [2.75, 3.05) is 18.0 Å². The summed E-state index contributed by atoms with van der Waals surface area (Å²) >= 11 is 0. The fourth-order valence-corrected chi connectivity index (χ4v) is 2.41. The predicted molar refractivity (Wildman–Crippen MR) is 63.2 cm³/mol. The van der Waals surface area contributed by atoms with Gasteiger partial charge in [0.25, 0.3) is 5.92 Å². The molecule has 1 saturated carbocycles. The van der Waals surface area contributed by atoms with Gasteiger partial charge in [-0.3, -0.25) is 0 Å². The quantitative estimate of drug-likeness (QED) is 0.891. The molecule has 1 saturated heterocycles. The number of aromatic amines is 1. The van der Waals surface area contributed by atoms with Crippen LogP contribution in [-0.4, -0.2) is 44.4 Å². The molecule has 2 aromatic heterocycles. The van der Waals surface area contributed by atoms with Gasteiger partial charge in [-0.15, -0.1) is 5.10 Å². The SMILES string of the molecule is FC1(F)CCN(c2nc(C3CC3)nc3n[nH]nc23)C1. The molecular formula is C11H12F2N6. The largest absolute Gasteiger partial charge is 0.348 e. The average molecular weight is 266 g/mol. The number of halogens is 2. The minimum absolute atomic E-state index is 0.144. The smallest absolute Gasteiger partial charge is 0.266 e. The Balaban J connectivity index is 1.81. The first-order chi connectivity index (χ1) is 9.12. The van der Waals surface area contributed by atoms with Crippen LogP contribution in [0.2, 0.25) is 0 Å². The van der Waals surface area contributed by atoms with Gasteiger partial charge in [-0.2, -0.15) is 10.3 Å². The lowest BCUT2D eigenvalue weighted by molar-refractivity contribution is 0.0257. The van der Waals surface area contributed by atoms with Crippen LogP contribution in [0.5, 0.6) is 0 Å². The molecule has 1 N–H and O–H groups in total. The van der Waals surface area contributed by atoms with Crippen molar-refractivity contribution in [3.8, 4) is 0 Å². The summed E-state index contributed by atoms with van der Waals surface area (Å²) in [6.07, 6.45) is 1.97. The molecule has 1 aliphatic carbocycles. The van der Waals surface area contributed by atoms with Gasteiger partial charge in [0.2, 0.25) is 5.65 Å². The van der Waals surface area contributed by atoms with Gasteiger partial charge in [0.1, 0.15) is 5.82 Å². The van der Waals surface area contributed by atoms with E-state index in [4.69, 9.17) is 0 Å². The van der Waals surface area contributed by atoms with Gasteiger partial charge in [0.15, 0.2) is 11.3 Å². The molecule has 0 unspecified atom stereocenters. The van der Waals surface area contributed by atoms with Crippen LogP contribution in [0.15, 0.2) is 0 Å². The van der Waals surface area contributed by atoms with Crippen molar-refractivity contribution in [3.63, 3.8) is 0 Å². The Morgan fingerprint density at radius 2 is 2.05 bits per heavy atom. The highest BCUT2D eigenvalue weighted by Gasteiger charge is 2.40. The Bertz CT molecular complexity index is 635. The van der Waals surface area contributed by atoms with Crippen molar-refractivity contribution in [1.29, 1.82) is 0 Å². The van der Waals surface area contributed by atoms with Crippen molar-refractivity contribution >= 4 is 17.0 Å². The number of nitrogens with zero attached hydrogens (tertiary/aromatic N) is 5. The van der Waals surface area contributed by atoms with E-state index in [1.807, 2.05) is 0 Å². The molecule has 4 rings (SSSR count). The first-order valence-corrected chi connectivity index (χ1v) is 6.34. The fraction of sp³-hybridized carbons (Fsp3) is 0.636. The van der Waals surface area contributed by atoms with Gasteiger partial charge in [0.05, 0.1) is 6.54 Å². The number of fused-ring (bicyclic) bond motifs is 1. The molecule has 0 aromatic carbocycles. The molecule has 3 heterocycles. The second kappa shape index (κ2) is 3.58. The summed E-state index contributed by atoms with van der Waals surface area (Å²) in [6.45, 7) is -0.0217. The normalized spacial score (nSPS) is 22.3. The summed E-state index contributed by atoms with van der Waals surface area (Å²) in [6, 6.07) is 0. The van der Waals surface area contributed by atoms with E-state index in [9.17, 15) is 8.78 Å². The van der Waals surface area contributed by atoms with Gasteiger partial charge < -0.3 is 4.90 Å². The summed E-state index contributed by atoms with van der Waals surface area (Å²) in [7, 11) is 0. The topological polar surface area (TPSA) is 70.6 Å². The molecule has 8 heteroatoms. The van der Waals surface area contributed by atoms with Crippen molar-refractivity contribution < 1.29 is 8.78 Å². The maximum Gasteiger partial charge on any atom is 0.266 e. The van der Waals surface area contributed by atoms with Crippen molar-refractivity contribution in [1.82, 2.24) is 25.4 Å². The summed E-state index contributed by atoms with van der Waals surface area (Å²) in [5.74, 6) is -1.12. The molecule has 2 aliphatic rings. The molecule has 0 amide bonds. The molecule has 6 nitrogen and oxygen atoms in total. The van der Waals surface area contributed by atoms with E-state index in [0.717, 1.165) is 12.8 Å². The molecule has 19 heavy (non-hydrogen) atoms. The Kier molecular flexibility index (Phi) is 2.07. The number of hydrogen-bond acceptors (Lipinski definition) is 5. The molecule has 2 fully saturated rings. The van der Waals surface area contributed by atoms with E-state index < -0.39 is 5.92 Å². The number of rotatable bonds is 2. The van der Waals surface area contributed by atoms with E-state index in [0.29, 0.717) is 28.7 Å². The zero-order valence-electron chi connectivity index (χ0n) is 10.1. The van der Waals surface area contributed by atoms with Crippen LogP contribution in [0, 0.1) is 0 Å². The minimum atomic E-state index is -2.65. The van der Waals surface area contributed by atoms with Crippen molar-refractivity contribution in [3.05, 3.63) is 5.82 Å². The van der Waals surface area contributed by atoms with E-state index in [1.54, 1.807) is 4.90 Å². The standard InChI is InChI=1S/C11H12F2N6/c12-11(13)3-4-19(5-11)10-7-9(17-18-16-7)14-8(15-10)6-1-2-6/h6H,1-5H2,(H,14,15,16,17,18). The predicted octanol–water partition coefficient (Wildman–Crippen LogP) is 1.47. The molecule has 0 atom stereocenters. The molecule has 1 aliphatic heterocycles. The zero-order chi connectivity index (χ0) is 13.0. The number of H-pyrrole nitrogens is 1. The lowest BCUT2D eigenvalue weighted by atomic mass is 10.3. The molecule has 0 spiro atoms. The van der Waals surface area contributed by atoms with Gasteiger partial charge in [-0.25, -0.2) is 18.7 Å². The Morgan fingerprint density at radius 3 is 2.74 bits per heavy atom. The van der Waals surface area contributed by atoms with Crippen LogP contribution < -0.4 is 4.90 Å². The highest BCUT2D eigenvalue weighted by molar-refractivity contribution is 5.82. The van der Waals surface area contributed by atoms with Crippen LogP contribution in [0.1, 0.15) is 31.0 Å². The van der Waals surface area contributed by atoms with Gasteiger partial charge in [-0.05, 0) is 12.8 Å². The summed E-state index contributed by atoms with van der Waals surface area (Å²) < 4.78 is 26.7. The number of anilines is 1. The van der Waals surface area contributed by atoms with Crippen molar-refractivity contribution in [2.24, 2.45) is 0 Å². The maximum atomic E-state index is 13.3. The Morgan fingerprint density at radius 1 is 1.21 bits per heavy atom. The summed E-state index contributed by atoms with van der Waals surface area (Å²) in [5.41, 5.74) is 0.934. The number of nitrogens with one attached hydrogen (secondary N) is 1. The highest BCUT2D eigenvalue weighted by atomic mass is 19.3. The average Bonchev–Trinajstić information content (AvgIpc) is 3.01. The first kappa shape index (κ1) is 11.0. The van der Waals surface area contributed by atoms with Crippen molar-refractivity contribution in [2.45, 2.75) is 31.1 Å². The lowest BCUT2D eigenvalue weighted by Crippen LogP contribution is -2.26. The van der Waals surface area contributed by atoms with Crippen LogP contribution in [0.25, 0.3) is 11.2 Å². The zero-order valence-corrected chi connectivity index (χ0v) is 10.1. The minimum Gasteiger partial charge on any atom is -0.348 e. The maximum absolute atomic E-state index is 13.3. The van der Waals surface area contributed by atoms with Gasteiger partial charge in [-0.1, -0.05) is 0 Å². The molecule has 100 valence electrons. The third-order valence-corrected chi connectivity index (χ3v) is 3.59. The Labute approximate surface area is 107 Å². The second-order valence-corrected chi connectivity index (χ2v) is 5.20.